The molecule has 2 aromatic carbocycles. The van der Waals surface area contributed by atoms with Crippen molar-refractivity contribution in [1.82, 2.24) is 19.2 Å². The van der Waals surface area contributed by atoms with Crippen LogP contribution in [-0.4, -0.2) is 73.9 Å². The fraction of sp³-hybridized carbons (Fsp3) is 0.469. The van der Waals surface area contributed by atoms with Crippen LogP contribution in [0, 0.1) is 18.8 Å². The summed E-state index contributed by atoms with van der Waals surface area (Å²) in [5.41, 5.74) is 4.93. The lowest BCUT2D eigenvalue weighted by Crippen LogP contribution is -2.33. The van der Waals surface area contributed by atoms with Gasteiger partial charge in [-0.05, 0) is 93.4 Å². The molecule has 0 spiro atoms. The first-order valence-electron chi connectivity index (χ1n) is 14.6. The monoisotopic (exact) mass is 625 g/mol. The highest BCUT2D eigenvalue weighted by Crippen LogP contribution is 2.43. The second-order valence-corrected chi connectivity index (χ2v) is 14.4. The molecule has 230 valence electrons. The van der Waals surface area contributed by atoms with E-state index in [1.807, 2.05) is 37.3 Å². The zero-order chi connectivity index (χ0) is 30.9. The zero-order valence-electron chi connectivity index (χ0n) is 25.4. The first-order chi connectivity index (χ1) is 20.4. The maximum absolute atomic E-state index is 13.2. The molecule has 1 fully saturated rings. The number of carbonyl (C=O) groups excluding carboxylic acids is 1. The minimum atomic E-state index is -3.43. The summed E-state index contributed by atoms with van der Waals surface area (Å²) in [5, 5.41) is 3.67. The number of carbonyl (C=O) groups is 1. The van der Waals surface area contributed by atoms with Crippen LogP contribution in [0.15, 0.2) is 42.6 Å². The van der Waals surface area contributed by atoms with Gasteiger partial charge in [-0.15, -0.1) is 0 Å². The number of likely N-dealkylation sites (tertiary alicyclic amines) is 1. The quantitative estimate of drug-likeness (QED) is 0.297. The van der Waals surface area contributed by atoms with Gasteiger partial charge in [-0.25, -0.2) is 18.4 Å². The molecule has 0 radical (unpaired) electrons. The normalized spacial score (nSPS) is 19.4. The van der Waals surface area contributed by atoms with Crippen molar-refractivity contribution in [2.45, 2.75) is 45.1 Å². The lowest BCUT2D eigenvalue weighted by molar-refractivity contribution is 0.0935. The van der Waals surface area contributed by atoms with E-state index in [9.17, 15) is 13.2 Å². The molecule has 2 atom stereocenters. The molecular weight excluding hydrogens is 586 g/mol. The van der Waals surface area contributed by atoms with E-state index in [0.29, 0.717) is 58.8 Å². The summed E-state index contributed by atoms with van der Waals surface area (Å²) in [6.45, 7) is 3.97. The van der Waals surface area contributed by atoms with Crippen molar-refractivity contribution in [3.63, 3.8) is 0 Å². The first kappa shape index (κ1) is 31.4. The number of rotatable bonds is 10. The number of ketones is 1. The highest BCUT2D eigenvalue weighted by atomic mass is 35.5. The Morgan fingerprint density at radius 3 is 2.63 bits per heavy atom. The maximum Gasteiger partial charge on any atom is 0.227 e. The van der Waals surface area contributed by atoms with E-state index in [2.05, 4.69) is 22.2 Å². The van der Waals surface area contributed by atoms with Crippen LogP contribution >= 0.6 is 11.6 Å². The molecular formula is C32H40ClN5O4S. The van der Waals surface area contributed by atoms with Crippen LogP contribution in [0.3, 0.4) is 0 Å². The van der Waals surface area contributed by atoms with E-state index in [4.69, 9.17) is 21.3 Å². The molecule has 2 heterocycles. The lowest BCUT2D eigenvalue weighted by atomic mass is 9.89. The van der Waals surface area contributed by atoms with E-state index in [-0.39, 0.29) is 17.7 Å². The van der Waals surface area contributed by atoms with Crippen LogP contribution in [0.5, 0.6) is 5.75 Å². The number of nitrogens with one attached hydrogen (secondary N) is 1. The fourth-order valence-corrected chi connectivity index (χ4v) is 7.27. The molecule has 0 saturated carbocycles. The van der Waals surface area contributed by atoms with Gasteiger partial charge in [0.25, 0.3) is 0 Å². The minimum Gasteiger partial charge on any atom is -0.495 e. The standard InChI is InChI=1S/C32H40ClN5O4S/c1-20-14-28(30(42-4)18-25(20)29(39)15-21-10-12-37(2)13-11-21)36-32-34-19-26(33)27(35-32)17-23-16-22-8-6-7-9-24(22)31(23)38(3)43(5,40)41/h6-9,14,18-19,21,23,31H,10-13,15-17H2,1-5H3,(H,34,35,36)/t23-,31-/m0/s1. The third-order valence-corrected chi connectivity index (χ3v) is 10.5. The summed E-state index contributed by atoms with van der Waals surface area (Å²) >= 11 is 6.58. The second kappa shape index (κ2) is 12.9. The number of hydrogen-bond donors (Lipinski definition) is 1. The minimum absolute atomic E-state index is 0.0518. The van der Waals surface area contributed by atoms with Gasteiger partial charge in [-0.1, -0.05) is 35.9 Å². The van der Waals surface area contributed by atoms with Crippen molar-refractivity contribution in [2.24, 2.45) is 11.8 Å². The van der Waals surface area contributed by atoms with Crippen molar-refractivity contribution < 1.29 is 17.9 Å². The first-order valence-corrected chi connectivity index (χ1v) is 16.9. The SMILES string of the molecule is COc1cc(C(=O)CC2CCN(C)CC2)c(C)cc1Nc1ncc(Cl)c(C[C@@H]2Cc3ccccc3[C@H]2N(C)S(C)(=O)=O)n1. The summed E-state index contributed by atoms with van der Waals surface area (Å²) in [7, 11) is 1.89. The molecule has 5 rings (SSSR count). The number of benzene rings is 2. The van der Waals surface area contributed by atoms with Gasteiger partial charge in [0, 0.05) is 19.0 Å². The summed E-state index contributed by atoms with van der Waals surface area (Å²) < 4.78 is 32.2. The number of sulfonamides is 1. The van der Waals surface area contributed by atoms with Crippen LogP contribution < -0.4 is 10.1 Å². The van der Waals surface area contributed by atoms with Gasteiger partial charge in [0.1, 0.15) is 5.75 Å². The number of anilines is 2. The number of piperidine rings is 1. The summed E-state index contributed by atoms with van der Waals surface area (Å²) in [6, 6.07) is 11.3. The number of aryl methyl sites for hydroxylation is 1. The van der Waals surface area contributed by atoms with Gasteiger partial charge in [-0.2, -0.15) is 4.31 Å². The Morgan fingerprint density at radius 2 is 1.93 bits per heavy atom. The van der Waals surface area contributed by atoms with Crippen molar-refractivity contribution in [1.29, 1.82) is 0 Å². The van der Waals surface area contributed by atoms with Crippen molar-refractivity contribution in [3.8, 4) is 5.75 Å². The average molecular weight is 626 g/mol. The zero-order valence-corrected chi connectivity index (χ0v) is 27.0. The van der Waals surface area contributed by atoms with Crippen LogP contribution in [0.1, 0.15) is 58.0 Å². The Hall–Kier alpha value is -3.05. The summed E-state index contributed by atoms with van der Waals surface area (Å²) in [6.07, 6.45) is 6.57. The van der Waals surface area contributed by atoms with Crippen LogP contribution in [-0.2, 0) is 22.9 Å². The number of halogens is 1. The van der Waals surface area contributed by atoms with Gasteiger partial charge in [0.05, 0.1) is 42.0 Å². The second-order valence-electron chi connectivity index (χ2n) is 11.9. The van der Waals surface area contributed by atoms with Gasteiger partial charge in [0.15, 0.2) is 5.78 Å². The third-order valence-electron chi connectivity index (χ3n) is 8.90. The number of fused-ring (bicyclic) bond motifs is 1. The molecule has 9 nitrogen and oxygen atoms in total. The molecule has 1 aliphatic heterocycles. The summed E-state index contributed by atoms with van der Waals surface area (Å²) in [4.78, 5) is 24.7. The fourth-order valence-electron chi connectivity index (χ4n) is 6.41. The highest BCUT2D eigenvalue weighted by Gasteiger charge is 2.38. The van der Waals surface area contributed by atoms with Crippen LogP contribution in [0.4, 0.5) is 11.6 Å². The van der Waals surface area contributed by atoms with E-state index in [1.54, 1.807) is 26.4 Å². The highest BCUT2D eigenvalue weighted by molar-refractivity contribution is 7.88. The molecule has 3 aromatic rings. The number of Topliss-reactive ketones (excluding diaryl/α,β-unsaturated/α-hetero) is 1. The van der Waals surface area contributed by atoms with Crippen LogP contribution in [0.2, 0.25) is 5.02 Å². The molecule has 43 heavy (non-hydrogen) atoms. The number of ether oxygens (including phenoxy) is 1. The maximum atomic E-state index is 13.2. The van der Waals surface area contributed by atoms with Crippen molar-refractivity contribution in [2.75, 3.05) is 45.9 Å². The van der Waals surface area contributed by atoms with E-state index < -0.39 is 10.0 Å². The molecule has 1 saturated heterocycles. The lowest BCUT2D eigenvalue weighted by Gasteiger charge is -2.29. The van der Waals surface area contributed by atoms with Gasteiger partial charge < -0.3 is 15.0 Å². The number of methoxy groups -OCH3 is 1. The molecule has 0 unspecified atom stereocenters. The topological polar surface area (TPSA) is 105 Å². The molecule has 0 bridgehead atoms. The molecule has 0 amide bonds. The Balaban J connectivity index is 1.36. The van der Waals surface area contributed by atoms with Crippen LogP contribution in [0.25, 0.3) is 0 Å². The molecule has 1 aromatic heterocycles. The number of aromatic nitrogens is 2. The van der Waals surface area contributed by atoms with E-state index in [1.165, 1.54) is 10.6 Å². The predicted octanol–water partition coefficient (Wildman–Crippen LogP) is 5.45. The van der Waals surface area contributed by atoms with E-state index >= 15 is 0 Å². The van der Waals surface area contributed by atoms with Crippen molar-refractivity contribution >= 4 is 39.0 Å². The smallest absolute Gasteiger partial charge is 0.227 e. The molecule has 11 heteroatoms. The number of nitrogens with zero attached hydrogens (tertiary/aromatic N) is 4. The van der Waals surface area contributed by atoms with Gasteiger partial charge in [0.2, 0.25) is 16.0 Å². The van der Waals surface area contributed by atoms with Crippen molar-refractivity contribution in [3.05, 3.63) is 75.6 Å². The Labute approximate surface area is 259 Å². The third kappa shape index (κ3) is 7.03. The molecule has 2 aliphatic rings. The molecule has 1 aliphatic carbocycles. The predicted molar refractivity (Wildman–Crippen MR) is 170 cm³/mol. The van der Waals surface area contributed by atoms with E-state index in [0.717, 1.165) is 42.6 Å². The Kier molecular flexibility index (Phi) is 9.41. The number of hydrogen-bond acceptors (Lipinski definition) is 8. The Bertz CT molecular complexity index is 1610. The summed E-state index contributed by atoms with van der Waals surface area (Å²) in [5.74, 6) is 1.35. The average Bonchev–Trinajstić information content (AvgIpc) is 3.32. The van der Waals surface area contributed by atoms with Gasteiger partial charge in [-0.3, -0.25) is 4.79 Å². The van der Waals surface area contributed by atoms with Gasteiger partial charge >= 0.3 is 0 Å². The Morgan fingerprint density at radius 1 is 1.21 bits per heavy atom. The largest absolute Gasteiger partial charge is 0.495 e. The molecule has 1 N–H and O–H groups in total.